The zero-order valence-electron chi connectivity index (χ0n) is 10.00. The van der Waals surface area contributed by atoms with Crippen LogP contribution < -0.4 is 16.1 Å². The van der Waals surface area contributed by atoms with E-state index in [1.165, 1.54) is 24.4 Å². The van der Waals surface area contributed by atoms with Gasteiger partial charge >= 0.3 is 6.03 Å². The van der Waals surface area contributed by atoms with E-state index in [1.54, 1.807) is 0 Å². The largest absolute Gasteiger partial charge is 0.359 e. The van der Waals surface area contributed by atoms with Crippen LogP contribution >= 0.6 is 0 Å². The number of H-pyrrole nitrogens is 1. The van der Waals surface area contributed by atoms with E-state index in [-0.39, 0.29) is 17.6 Å². The van der Waals surface area contributed by atoms with Gasteiger partial charge < -0.3 is 15.6 Å². The molecule has 6 heteroatoms. The van der Waals surface area contributed by atoms with Crippen LogP contribution in [0, 0.1) is 5.82 Å². The monoisotopic (exact) mass is 261 g/mol. The number of carbonyl (C=O) groups is 1. The van der Waals surface area contributed by atoms with E-state index < -0.39 is 17.3 Å². The van der Waals surface area contributed by atoms with Gasteiger partial charge in [-0.25, -0.2) is 9.18 Å². The number of pyridine rings is 1. The Morgan fingerprint density at radius 1 is 1.47 bits per heavy atom. The average molecular weight is 261 g/mol. The fourth-order valence-electron chi connectivity index (χ4n) is 1.61. The van der Waals surface area contributed by atoms with Crippen molar-refractivity contribution in [2.45, 2.75) is 0 Å². The summed E-state index contributed by atoms with van der Waals surface area (Å²) in [6, 6.07) is 3.32. The first-order valence-corrected chi connectivity index (χ1v) is 5.58. The molecule has 0 bridgehead atoms. The van der Waals surface area contributed by atoms with Crippen molar-refractivity contribution in [2.24, 2.45) is 0 Å². The SMILES string of the molecule is C=CCNC(=O)Nc1c[nH]c2ccc(F)cc2c1=O. The molecule has 0 aliphatic carbocycles. The van der Waals surface area contributed by atoms with Crippen molar-refractivity contribution in [3.63, 3.8) is 0 Å². The topological polar surface area (TPSA) is 74.0 Å². The maximum atomic E-state index is 13.1. The van der Waals surface area contributed by atoms with Crippen LogP contribution in [-0.2, 0) is 0 Å². The standard InChI is InChI=1S/C13H12FN3O2/c1-2-5-15-13(19)17-11-7-16-10-4-3-8(14)6-9(10)12(11)18/h2-4,6-7H,1,5H2,(H,16,18)(H2,15,17,19). The summed E-state index contributed by atoms with van der Waals surface area (Å²) in [4.78, 5) is 26.3. The lowest BCUT2D eigenvalue weighted by atomic mass is 10.2. The number of aromatic nitrogens is 1. The zero-order valence-corrected chi connectivity index (χ0v) is 10.00. The van der Waals surface area contributed by atoms with Gasteiger partial charge in [0.2, 0.25) is 5.43 Å². The van der Waals surface area contributed by atoms with Crippen molar-refractivity contribution >= 4 is 22.6 Å². The van der Waals surface area contributed by atoms with Crippen molar-refractivity contribution in [1.82, 2.24) is 10.3 Å². The summed E-state index contributed by atoms with van der Waals surface area (Å²) in [6.07, 6.45) is 2.88. The van der Waals surface area contributed by atoms with Gasteiger partial charge in [-0.15, -0.1) is 6.58 Å². The second-order valence-electron chi connectivity index (χ2n) is 3.85. The van der Waals surface area contributed by atoms with Crippen LogP contribution in [0.2, 0.25) is 0 Å². The van der Waals surface area contributed by atoms with Crippen LogP contribution in [0.15, 0.2) is 41.8 Å². The molecule has 0 radical (unpaired) electrons. The Balaban J connectivity index is 2.34. The number of aromatic amines is 1. The Kier molecular flexibility index (Phi) is 3.61. The quantitative estimate of drug-likeness (QED) is 0.739. The number of hydrogen-bond donors (Lipinski definition) is 3. The van der Waals surface area contributed by atoms with Crippen molar-refractivity contribution in [3.8, 4) is 0 Å². The first-order chi connectivity index (χ1) is 9.11. The molecular weight excluding hydrogens is 249 g/mol. The van der Waals surface area contributed by atoms with E-state index in [0.717, 1.165) is 6.07 Å². The highest BCUT2D eigenvalue weighted by molar-refractivity contribution is 5.91. The molecule has 2 aromatic rings. The zero-order chi connectivity index (χ0) is 13.8. The van der Waals surface area contributed by atoms with Gasteiger partial charge in [0.05, 0.1) is 5.39 Å². The molecule has 1 aromatic heterocycles. The van der Waals surface area contributed by atoms with Crippen LogP contribution in [0.4, 0.5) is 14.9 Å². The molecular formula is C13H12FN3O2. The predicted octanol–water partition coefficient (Wildman–Crippen LogP) is 1.97. The van der Waals surface area contributed by atoms with Gasteiger partial charge in [0.25, 0.3) is 0 Å². The first kappa shape index (κ1) is 12.8. The fraction of sp³-hybridized carbons (Fsp3) is 0.0769. The normalized spacial score (nSPS) is 10.2. The smallest absolute Gasteiger partial charge is 0.319 e. The Hall–Kier alpha value is -2.63. The highest BCUT2D eigenvalue weighted by Gasteiger charge is 2.08. The molecule has 5 nitrogen and oxygen atoms in total. The number of fused-ring (bicyclic) bond motifs is 1. The number of halogens is 1. The minimum absolute atomic E-state index is 0.0552. The Morgan fingerprint density at radius 2 is 2.26 bits per heavy atom. The van der Waals surface area contributed by atoms with Crippen LogP contribution in [0.5, 0.6) is 0 Å². The van der Waals surface area contributed by atoms with Gasteiger partial charge in [0.15, 0.2) is 0 Å². The Labute approximate surface area is 108 Å². The predicted molar refractivity (Wildman–Crippen MR) is 71.7 cm³/mol. The third-order valence-corrected chi connectivity index (χ3v) is 2.50. The summed E-state index contributed by atoms with van der Waals surface area (Å²) >= 11 is 0. The van der Waals surface area contributed by atoms with Gasteiger partial charge in [-0.1, -0.05) is 6.08 Å². The maximum Gasteiger partial charge on any atom is 0.319 e. The van der Waals surface area contributed by atoms with E-state index in [2.05, 4.69) is 22.2 Å². The van der Waals surface area contributed by atoms with Crippen LogP contribution in [0.25, 0.3) is 10.9 Å². The van der Waals surface area contributed by atoms with E-state index >= 15 is 0 Å². The van der Waals surface area contributed by atoms with Crippen LogP contribution in [0.1, 0.15) is 0 Å². The minimum Gasteiger partial charge on any atom is -0.359 e. The van der Waals surface area contributed by atoms with E-state index in [0.29, 0.717) is 5.52 Å². The number of amides is 2. The van der Waals surface area contributed by atoms with Crippen molar-refractivity contribution in [3.05, 3.63) is 53.1 Å². The second kappa shape index (κ2) is 5.34. The summed E-state index contributed by atoms with van der Waals surface area (Å²) in [5.41, 5.74) is 0.116. The van der Waals surface area contributed by atoms with Gasteiger partial charge in [0, 0.05) is 18.3 Å². The molecule has 0 fully saturated rings. The summed E-state index contributed by atoms with van der Waals surface area (Å²) in [5, 5.41) is 5.05. The fourth-order valence-corrected chi connectivity index (χ4v) is 1.61. The van der Waals surface area contributed by atoms with E-state index in [9.17, 15) is 14.0 Å². The first-order valence-electron chi connectivity index (χ1n) is 5.58. The summed E-state index contributed by atoms with van der Waals surface area (Å²) < 4.78 is 13.1. The van der Waals surface area contributed by atoms with E-state index in [1.807, 2.05) is 0 Å². The summed E-state index contributed by atoms with van der Waals surface area (Å²) in [7, 11) is 0. The Bertz CT molecular complexity index is 694. The molecule has 1 heterocycles. The lowest BCUT2D eigenvalue weighted by molar-refractivity contribution is 0.253. The molecule has 0 atom stereocenters. The van der Waals surface area contributed by atoms with Crippen LogP contribution in [-0.4, -0.2) is 17.6 Å². The lowest BCUT2D eigenvalue weighted by Crippen LogP contribution is -2.30. The molecule has 0 aliphatic heterocycles. The highest BCUT2D eigenvalue weighted by Crippen LogP contribution is 2.11. The average Bonchev–Trinajstić information content (AvgIpc) is 2.40. The second-order valence-corrected chi connectivity index (χ2v) is 3.85. The number of rotatable bonds is 3. The summed E-state index contributed by atoms with van der Waals surface area (Å²) in [5.74, 6) is -0.508. The number of urea groups is 1. The van der Waals surface area contributed by atoms with Crippen LogP contribution in [0.3, 0.4) is 0 Å². The number of nitrogens with one attached hydrogen (secondary N) is 3. The molecule has 2 rings (SSSR count). The van der Waals surface area contributed by atoms with E-state index in [4.69, 9.17) is 0 Å². The van der Waals surface area contributed by atoms with Gasteiger partial charge in [-0.2, -0.15) is 0 Å². The molecule has 3 N–H and O–H groups in total. The molecule has 2 amide bonds. The molecule has 0 saturated heterocycles. The van der Waals surface area contributed by atoms with Crippen molar-refractivity contribution in [2.75, 3.05) is 11.9 Å². The molecule has 1 aromatic carbocycles. The van der Waals surface area contributed by atoms with Gasteiger partial charge in [0.1, 0.15) is 11.5 Å². The molecule has 98 valence electrons. The maximum absolute atomic E-state index is 13.1. The Morgan fingerprint density at radius 3 is 3.00 bits per heavy atom. The third kappa shape index (κ3) is 2.79. The molecule has 19 heavy (non-hydrogen) atoms. The lowest BCUT2D eigenvalue weighted by Gasteiger charge is -2.06. The van der Waals surface area contributed by atoms with Gasteiger partial charge in [-0.05, 0) is 18.2 Å². The van der Waals surface area contributed by atoms with Crippen molar-refractivity contribution in [1.29, 1.82) is 0 Å². The molecule has 0 unspecified atom stereocenters. The summed E-state index contributed by atoms with van der Waals surface area (Å²) in [6.45, 7) is 3.74. The highest BCUT2D eigenvalue weighted by atomic mass is 19.1. The van der Waals surface area contributed by atoms with Gasteiger partial charge in [-0.3, -0.25) is 4.79 Å². The number of benzene rings is 1. The number of carbonyl (C=O) groups excluding carboxylic acids is 1. The molecule has 0 saturated carbocycles. The molecule has 0 spiro atoms. The minimum atomic E-state index is -0.527. The number of anilines is 1. The third-order valence-electron chi connectivity index (χ3n) is 2.50. The molecule has 0 aliphatic rings. The number of hydrogen-bond acceptors (Lipinski definition) is 2. The van der Waals surface area contributed by atoms with Crippen molar-refractivity contribution < 1.29 is 9.18 Å².